The first-order chi connectivity index (χ1) is 5.18. The molecule has 4 heteroatoms. The summed E-state index contributed by atoms with van der Waals surface area (Å²) in [6.45, 7) is 3.74. The molecule has 0 unspecified atom stereocenters. The van der Waals surface area contributed by atoms with Gasteiger partial charge < -0.3 is 9.84 Å². The minimum Gasteiger partial charge on any atom is -0.462 e. The molecule has 0 fully saturated rings. The van der Waals surface area contributed by atoms with Crippen LogP contribution in [0.25, 0.3) is 0 Å². The Kier molecular flexibility index (Phi) is 5.97. The van der Waals surface area contributed by atoms with Gasteiger partial charge in [0, 0.05) is 6.61 Å². The minimum atomic E-state index is -0.494. The highest BCUT2D eigenvalue weighted by Gasteiger charge is 2.01. The molecule has 0 saturated heterocycles. The third-order valence-electron chi connectivity index (χ3n) is 1.02. The molecule has 1 N–H and O–H groups in total. The topological polar surface area (TPSA) is 46.5 Å². The smallest absolute Gasteiger partial charge is 0.343 e. The fourth-order valence-electron chi connectivity index (χ4n) is 0.462. The number of esters is 1. The van der Waals surface area contributed by atoms with Crippen molar-refractivity contribution >= 4 is 18.6 Å². The van der Waals surface area contributed by atoms with Crippen LogP contribution in [0.3, 0.4) is 0 Å². The fraction of sp³-hybridized carbons (Fsp3) is 0.571. The Balaban J connectivity index is 3.25. The highest BCUT2D eigenvalue weighted by molar-refractivity contribution is 7.85. The Morgan fingerprint density at radius 2 is 2.18 bits per heavy atom. The number of hydrogen-bond donors (Lipinski definition) is 2. The summed E-state index contributed by atoms with van der Waals surface area (Å²) in [4.78, 5) is 10.8. The van der Waals surface area contributed by atoms with Crippen molar-refractivity contribution in [2.45, 2.75) is 12.8 Å². The van der Waals surface area contributed by atoms with E-state index in [4.69, 9.17) is 5.11 Å². The van der Waals surface area contributed by atoms with Crippen molar-refractivity contribution in [2.75, 3.05) is 13.2 Å². The van der Waals surface area contributed by atoms with Crippen molar-refractivity contribution < 1.29 is 14.6 Å². The second-order valence-electron chi connectivity index (χ2n) is 2.01. The lowest BCUT2D eigenvalue weighted by Gasteiger charge is -2.01. The van der Waals surface area contributed by atoms with Crippen LogP contribution in [0.2, 0.25) is 0 Å². The number of ether oxygens (including phenoxy) is 1. The van der Waals surface area contributed by atoms with E-state index in [-0.39, 0.29) is 11.5 Å². The molecule has 0 aliphatic heterocycles. The Morgan fingerprint density at radius 3 is 2.64 bits per heavy atom. The van der Waals surface area contributed by atoms with Crippen LogP contribution >= 0.6 is 12.6 Å². The van der Waals surface area contributed by atoms with E-state index >= 15 is 0 Å². The van der Waals surface area contributed by atoms with Crippen LogP contribution in [0.4, 0.5) is 0 Å². The molecule has 0 aliphatic rings. The maximum absolute atomic E-state index is 10.6. The van der Waals surface area contributed by atoms with Crippen molar-refractivity contribution in [2.24, 2.45) is 0 Å². The SMILES string of the molecule is C=C(S)C(=O)OCCCCO. The van der Waals surface area contributed by atoms with E-state index in [9.17, 15) is 4.79 Å². The predicted octanol–water partition coefficient (Wildman–Crippen LogP) is 0.746. The van der Waals surface area contributed by atoms with Crippen LogP contribution in [0.5, 0.6) is 0 Å². The summed E-state index contributed by atoms with van der Waals surface area (Å²) in [5.41, 5.74) is 0. The lowest BCUT2D eigenvalue weighted by molar-refractivity contribution is -0.138. The lowest BCUT2D eigenvalue weighted by Crippen LogP contribution is -2.05. The van der Waals surface area contributed by atoms with Crippen molar-refractivity contribution in [3.63, 3.8) is 0 Å². The number of hydrogen-bond acceptors (Lipinski definition) is 4. The number of aliphatic hydroxyl groups excluding tert-OH is 1. The van der Waals surface area contributed by atoms with E-state index < -0.39 is 5.97 Å². The maximum atomic E-state index is 10.6. The van der Waals surface area contributed by atoms with Gasteiger partial charge in [0.1, 0.15) is 0 Å². The highest BCUT2D eigenvalue weighted by Crippen LogP contribution is 1.99. The number of carbonyl (C=O) groups is 1. The summed E-state index contributed by atoms with van der Waals surface area (Å²) in [6.07, 6.45) is 1.32. The van der Waals surface area contributed by atoms with Gasteiger partial charge in [-0.2, -0.15) is 0 Å². The van der Waals surface area contributed by atoms with Gasteiger partial charge in [0.15, 0.2) is 0 Å². The standard InChI is InChI=1S/C7H12O3S/c1-6(11)7(9)10-5-3-2-4-8/h8,11H,1-5H2. The average molecular weight is 176 g/mol. The number of unbranched alkanes of at least 4 members (excludes halogenated alkanes) is 1. The van der Waals surface area contributed by atoms with Gasteiger partial charge in [0.05, 0.1) is 11.5 Å². The summed E-state index contributed by atoms with van der Waals surface area (Å²) in [6, 6.07) is 0. The first-order valence-corrected chi connectivity index (χ1v) is 3.79. The molecule has 11 heavy (non-hydrogen) atoms. The molecule has 3 nitrogen and oxygen atoms in total. The zero-order valence-electron chi connectivity index (χ0n) is 6.25. The number of thiol groups is 1. The Labute approximate surface area is 71.5 Å². The van der Waals surface area contributed by atoms with Crippen LogP contribution in [-0.4, -0.2) is 24.3 Å². The largest absolute Gasteiger partial charge is 0.462 e. The second kappa shape index (κ2) is 6.24. The molecule has 0 amide bonds. The van der Waals surface area contributed by atoms with Gasteiger partial charge >= 0.3 is 5.97 Å². The quantitative estimate of drug-likeness (QED) is 0.281. The third-order valence-corrected chi connectivity index (χ3v) is 1.20. The molecule has 0 heterocycles. The molecule has 0 atom stereocenters. The van der Waals surface area contributed by atoms with Crippen molar-refractivity contribution in [1.29, 1.82) is 0 Å². The molecule has 0 aromatic rings. The van der Waals surface area contributed by atoms with Gasteiger partial charge in [-0.15, -0.1) is 12.6 Å². The summed E-state index contributed by atoms with van der Waals surface area (Å²) >= 11 is 3.70. The maximum Gasteiger partial charge on any atom is 0.343 e. The van der Waals surface area contributed by atoms with E-state index in [2.05, 4.69) is 23.9 Å². The molecule has 0 aliphatic carbocycles. The van der Waals surface area contributed by atoms with Crippen molar-refractivity contribution in [3.8, 4) is 0 Å². The summed E-state index contributed by atoms with van der Waals surface area (Å²) < 4.78 is 4.68. The van der Waals surface area contributed by atoms with Gasteiger partial charge in [0.2, 0.25) is 0 Å². The zero-order valence-corrected chi connectivity index (χ0v) is 7.14. The minimum absolute atomic E-state index is 0.106. The molecule has 0 rings (SSSR count). The van der Waals surface area contributed by atoms with Crippen LogP contribution in [0, 0.1) is 0 Å². The zero-order chi connectivity index (χ0) is 8.69. The van der Waals surface area contributed by atoms with Crippen LogP contribution < -0.4 is 0 Å². The molecule has 0 radical (unpaired) electrons. The van der Waals surface area contributed by atoms with Gasteiger partial charge in [-0.1, -0.05) is 6.58 Å². The molecule has 0 saturated carbocycles. The molecule has 0 aromatic heterocycles. The van der Waals surface area contributed by atoms with Gasteiger partial charge in [-0.05, 0) is 12.8 Å². The van der Waals surface area contributed by atoms with E-state index in [1.165, 1.54) is 0 Å². The molecule has 0 spiro atoms. The molecular weight excluding hydrogens is 164 g/mol. The van der Waals surface area contributed by atoms with E-state index in [1.54, 1.807) is 0 Å². The van der Waals surface area contributed by atoms with Gasteiger partial charge in [-0.3, -0.25) is 0 Å². The number of rotatable bonds is 5. The van der Waals surface area contributed by atoms with Crippen LogP contribution in [0.1, 0.15) is 12.8 Å². The normalized spacial score (nSPS) is 9.27. The summed E-state index contributed by atoms with van der Waals surface area (Å²) in [5, 5.41) is 8.37. The number of carbonyl (C=O) groups excluding carboxylic acids is 1. The predicted molar refractivity (Wildman–Crippen MR) is 45.4 cm³/mol. The summed E-state index contributed by atoms with van der Waals surface area (Å²) in [5.74, 6) is -0.494. The number of aliphatic hydroxyl groups is 1. The second-order valence-corrected chi connectivity index (χ2v) is 2.55. The Bertz CT molecular complexity index is 145. The third kappa shape index (κ3) is 5.94. The Morgan fingerprint density at radius 1 is 1.55 bits per heavy atom. The lowest BCUT2D eigenvalue weighted by atomic mass is 10.3. The van der Waals surface area contributed by atoms with E-state index in [1.807, 2.05) is 0 Å². The average Bonchev–Trinajstić information content (AvgIpc) is 1.97. The Hall–Kier alpha value is -0.480. The van der Waals surface area contributed by atoms with Crippen LogP contribution in [0.15, 0.2) is 11.5 Å². The van der Waals surface area contributed by atoms with Gasteiger partial charge in [0.25, 0.3) is 0 Å². The van der Waals surface area contributed by atoms with E-state index in [0.29, 0.717) is 19.4 Å². The molecule has 64 valence electrons. The van der Waals surface area contributed by atoms with Crippen LogP contribution in [-0.2, 0) is 9.53 Å². The first kappa shape index (κ1) is 10.5. The molecule has 0 bridgehead atoms. The van der Waals surface area contributed by atoms with Crippen molar-refractivity contribution in [1.82, 2.24) is 0 Å². The highest BCUT2D eigenvalue weighted by atomic mass is 32.1. The fourth-order valence-corrected chi connectivity index (χ4v) is 0.527. The molecular formula is C7H12O3S. The first-order valence-electron chi connectivity index (χ1n) is 3.34. The summed E-state index contributed by atoms with van der Waals surface area (Å²) in [7, 11) is 0. The van der Waals surface area contributed by atoms with Crippen molar-refractivity contribution in [3.05, 3.63) is 11.5 Å². The van der Waals surface area contributed by atoms with E-state index in [0.717, 1.165) is 0 Å². The monoisotopic (exact) mass is 176 g/mol. The molecule has 0 aromatic carbocycles. The van der Waals surface area contributed by atoms with Gasteiger partial charge in [-0.25, -0.2) is 4.79 Å².